The summed E-state index contributed by atoms with van der Waals surface area (Å²) in [5.74, 6) is 0.0952. The van der Waals surface area contributed by atoms with Crippen LogP contribution in [0.2, 0.25) is 5.02 Å². The third kappa shape index (κ3) is 2.89. The maximum atomic E-state index is 12.6. The molecule has 4 heteroatoms. The van der Waals surface area contributed by atoms with Gasteiger partial charge >= 0.3 is 0 Å². The summed E-state index contributed by atoms with van der Waals surface area (Å²) in [7, 11) is 0. The van der Waals surface area contributed by atoms with Crippen LogP contribution in [0.1, 0.15) is 28.8 Å². The third-order valence-corrected chi connectivity index (χ3v) is 5.42. The molecule has 1 fully saturated rings. The molecule has 124 valence electrons. The van der Waals surface area contributed by atoms with Crippen LogP contribution in [-0.4, -0.2) is 36.5 Å². The normalized spacial score (nSPS) is 17.9. The molecule has 0 spiro atoms. The lowest BCUT2D eigenvalue weighted by atomic mass is 10.0. The van der Waals surface area contributed by atoms with Crippen LogP contribution in [0.4, 0.5) is 5.69 Å². The van der Waals surface area contributed by atoms with Crippen LogP contribution in [-0.2, 0) is 6.42 Å². The lowest BCUT2D eigenvalue weighted by Gasteiger charge is -2.38. The summed E-state index contributed by atoms with van der Waals surface area (Å²) < 4.78 is 0. The first-order valence-corrected chi connectivity index (χ1v) is 8.99. The topological polar surface area (TPSA) is 23.6 Å². The quantitative estimate of drug-likeness (QED) is 0.824. The van der Waals surface area contributed by atoms with E-state index in [1.807, 2.05) is 17.0 Å². The Hall–Kier alpha value is -2.00. The SMILES string of the molecule is O=C(c1cccc(Cl)c1)N1CCC(N2CCc3ccccc32)CC1. The van der Waals surface area contributed by atoms with E-state index >= 15 is 0 Å². The molecule has 0 unspecified atom stereocenters. The third-order valence-electron chi connectivity index (χ3n) is 5.19. The zero-order valence-electron chi connectivity index (χ0n) is 13.6. The van der Waals surface area contributed by atoms with Gasteiger partial charge in [-0.3, -0.25) is 4.79 Å². The van der Waals surface area contributed by atoms with Crippen molar-refractivity contribution in [1.82, 2.24) is 4.90 Å². The number of anilines is 1. The summed E-state index contributed by atoms with van der Waals surface area (Å²) >= 11 is 6.01. The molecule has 3 nitrogen and oxygen atoms in total. The fraction of sp³-hybridized carbons (Fsp3) is 0.350. The number of carbonyl (C=O) groups excluding carboxylic acids is 1. The number of halogens is 1. The van der Waals surface area contributed by atoms with Gasteiger partial charge in [0.05, 0.1) is 0 Å². The zero-order valence-corrected chi connectivity index (χ0v) is 14.4. The summed E-state index contributed by atoms with van der Waals surface area (Å²) in [6, 6.07) is 16.5. The maximum absolute atomic E-state index is 12.6. The largest absolute Gasteiger partial charge is 0.368 e. The van der Waals surface area contributed by atoms with Gasteiger partial charge < -0.3 is 9.80 Å². The predicted molar refractivity (Wildman–Crippen MR) is 97.9 cm³/mol. The molecule has 24 heavy (non-hydrogen) atoms. The van der Waals surface area contributed by atoms with Crippen molar-refractivity contribution in [3.05, 3.63) is 64.7 Å². The van der Waals surface area contributed by atoms with Gasteiger partial charge in [0.15, 0.2) is 0 Å². The van der Waals surface area contributed by atoms with Crippen LogP contribution in [0, 0.1) is 0 Å². The van der Waals surface area contributed by atoms with Gasteiger partial charge in [0.2, 0.25) is 0 Å². The number of para-hydroxylation sites is 1. The van der Waals surface area contributed by atoms with Crippen LogP contribution < -0.4 is 4.90 Å². The molecule has 2 aromatic rings. The van der Waals surface area contributed by atoms with E-state index in [4.69, 9.17) is 11.6 Å². The van der Waals surface area contributed by atoms with Crippen molar-refractivity contribution in [1.29, 1.82) is 0 Å². The van der Waals surface area contributed by atoms with Crippen molar-refractivity contribution in [2.45, 2.75) is 25.3 Å². The smallest absolute Gasteiger partial charge is 0.253 e. The van der Waals surface area contributed by atoms with Crippen molar-refractivity contribution in [3.63, 3.8) is 0 Å². The van der Waals surface area contributed by atoms with Gasteiger partial charge in [-0.1, -0.05) is 35.9 Å². The van der Waals surface area contributed by atoms with Crippen molar-refractivity contribution < 1.29 is 4.79 Å². The Morgan fingerprint density at radius 3 is 2.58 bits per heavy atom. The number of nitrogens with zero attached hydrogens (tertiary/aromatic N) is 2. The lowest BCUT2D eigenvalue weighted by Crippen LogP contribution is -2.46. The Balaban J connectivity index is 1.42. The van der Waals surface area contributed by atoms with Crippen LogP contribution >= 0.6 is 11.6 Å². The van der Waals surface area contributed by atoms with E-state index in [9.17, 15) is 4.79 Å². The first kappa shape index (κ1) is 15.5. The van der Waals surface area contributed by atoms with Gasteiger partial charge in [-0.15, -0.1) is 0 Å². The van der Waals surface area contributed by atoms with E-state index < -0.39 is 0 Å². The molecule has 1 amide bonds. The van der Waals surface area contributed by atoms with Crippen LogP contribution in [0.3, 0.4) is 0 Å². The molecule has 0 aliphatic carbocycles. The van der Waals surface area contributed by atoms with Crippen molar-refractivity contribution >= 4 is 23.2 Å². The highest BCUT2D eigenvalue weighted by molar-refractivity contribution is 6.30. The van der Waals surface area contributed by atoms with E-state index in [0.29, 0.717) is 16.6 Å². The highest BCUT2D eigenvalue weighted by Crippen LogP contribution is 2.32. The average Bonchev–Trinajstić information content (AvgIpc) is 3.05. The Kier molecular flexibility index (Phi) is 4.19. The summed E-state index contributed by atoms with van der Waals surface area (Å²) in [6.45, 7) is 2.73. The van der Waals surface area contributed by atoms with Crippen molar-refractivity contribution in [2.75, 3.05) is 24.5 Å². The van der Waals surface area contributed by atoms with E-state index in [1.54, 1.807) is 12.1 Å². The van der Waals surface area contributed by atoms with Crippen LogP contribution in [0.5, 0.6) is 0 Å². The molecular weight excluding hydrogens is 320 g/mol. The number of hydrogen-bond donors (Lipinski definition) is 0. The maximum Gasteiger partial charge on any atom is 0.253 e. The minimum atomic E-state index is 0.0952. The summed E-state index contributed by atoms with van der Waals surface area (Å²) in [4.78, 5) is 17.1. The molecule has 2 aromatic carbocycles. The van der Waals surface area contributed by atoms with Gasteiger partial charge in [-0.25, -0.2) is 0 Å². The molecule has 0 bridgehead atoms. The van der Waals surface area contributed by atoms with Crippen molar-refractivity contribution in [2.24, 2.45) is 0 Å². The second kappa shape index (κ2) is 6.48. The van der Waals surface area contributed by atoms with E-state index in [1.165, 1.54) is 11.3 Å². The fourth-order valence-electron chi connectivity index (χ4n) is 3.93. The average molecular weight is 341 g/mol. The lowest BCUT2D eigenvalue weighted by molar-refractivity contribution is 0.0712. The number of rotatable bonds is 2. The van der Waals surface area contributed by atoms with Gasteiger partial charge in [0.1, 0.15) is 0 Å². The molecule has 4 rings (SSSR count). The number of carbonyl (C=O) groups is 1. The standard InChI is InChI=1S/C20H21ClN2O/c21-17-6-3-5-16(14-17)20(24)22-11-9-18(10-12-22)23-13-8-15-4-1-2-7-19(15)23/h1-7,14,18H,8-13H2. The van der Waals surface area contributed by atoms with Gasteiger partial charge in [0, 0.05) is 41.9 Å². The number of likely N-dealkylation sites (tertiary alicyclic amines) is 1. The van der Waals surface area contributed by atoms with Gasteiger partial charge in [-0.05, 0) is 49.1 Å². The van der Waals surface area contributed by atoms with Crippen molar-refractivity contribution in [3.8, 4) is 0 Å². The number of hydrogen-bond acceptors (Lipinski definition) is 2. The number of piperidine rings is 1. The molecule has 0 aromatic heterocycles. The number of fused-ring (bicyclic) bond motifs is 1. The Morgan fingerprint density at radius 2 is 1.79 bits per heavy atom. The van der Waals surface area contributed by atoms with E-state index in [0.717, 1.165) is 38.9 Å². The Morgan fingerprint density at radius 1 is 1.00 bits per heavy atom. The highest BCUT2D eigenvalue weighted by Gasteiger charge is 2.30. The van der Waals surface area contributed by atoms with Crippen LogP contribution in [0.25, 0.3) is 0 Å². The fourth-order valence-corrected chi connectivity index (χ4v) is 4.12. The number of benzene rings is 2. The van der Waals surface area contributed by atoms with Crippen LogP contribution in [0.15, 0.2) is 48.5 Å². The van der Waals surface area contributed by atoms with E-state index in [2.05, 4.69) is 29.2 Å². The molecule has 0 atom stereocenters. The summed E-state index contributed by atoms with van der Waals surface area (Å²) in [5.41, 5.74) is 3.53. The molecule has 1 saturated heterocycles. The molecular formula is C20H21ClN2O. The highest BCUT2D eigenvalue weighted by atomic mass is 35.5. The Labute approximate surface area is 147 Å². The first-order chi connectivity index (χ1) is 11.7. The second-order valence-corrected chi connectivity index (χ2v) is 7.04. The zero-order chi connectivity index (χ0) is 16.5. The minimum Gasteiger partial charge on any atom is -0.368 e. The molecule has 0 saturated carbocycles. The summed E-state index contributed by atoms with van der Waals surface area (Å²) in [6.07, 6.45) is 3.19. The molecule has 2 aliphatic rings. The predicted octanol–water partition coefficient (Wildman–Crippen LogP) is 4.01. The summed E-state index contributed by atoms with van der Waals surface area (Å²) in [5, 5.41) is 0.615. The molecule has 2 aliphatic heterocycles. The minimum absolute atomic E-state index is 0.0952. The molecule has 0 radical (unpaired) electrons. The number of amides is 1. The second-order valence-electron chi connectivity index (χ2n) is 6.61. The molecule has 0 N–H and O–H groups in total. The first-order valence-electron chi connectivity index (χ1n) is 8.62. The van der Waals surface area contributed by atoms with Gasteiger partial charge in [-0.2, -0.15) is 0 Å². The van der Waals surface area contributed by atoms with Gasteiger partial charge in [0.25, 0.3) is 5.91 Å². The monoisotopic (exact) mass is 340 g/mol. The molecule has 2 heterocycles. The van der Waals surface area contributed by atoms with E-state index in [-0.39, 0.29) is 5.91 Å². The Bertz CT molecular complexity index is 753.